The van der Waals surface area contributed by atoms with Crippen molar-refractivity contribution in [3.05, 3.63) is 23.8 Å². The zero-order valence-corrected chi connectivity index (χ0v) is 29.2. The van der Waals surface area contributed by atoms with E-state index in [2.05, 4.69) is 0 Å². The minimum Gasteiger partial charge on any atom is -0.394 e. The van der Waals surface area contributed by atoms with Gasteiger partial charge in [-0.05, 0) is 82.6 Å². The first-order chi connectivity index (χ1) is 21.9. The predicted octanol–water partition coefficient (Wildman–Crippen LogP) is 0.753. The third-order valence-corrected chi connectivity index (χ3v) is 13.3. The molecule has 4 aliphatic carbocycles. The van der Waals surface area contributed by atoms with E-state index in [1.165, 1.54) is 26.8 Å². The molecule has 1 saturated heterocycles. The molecule has 0 aromatic heterocycles. The number of aliphatic hydroxyl groups is 7. The number of allylic oxidation sites excluding steroid dienone is 2. The van der Waals surface area contributed by atoms with Crippen LogP contribution in [0.2, 0.25) is 0 Å². The molecule has 1 heterocycles. The zero-order valence-electron chi connectivity index (χ0n) is 29.2. The molecule has 0 unspecified atom stereocenters. The van der Waals surface area contributed by atoms with E-state index < -0.39 is 100 Å². The van der Waals surface area contributed by atoms with Crippen molar-refractivity contribution in [2.75, 3.05) is 6.61 Å². The van der Waals surface area contributed by atoms with E-state index >= 15 is 0 Å². The van der Waals surface area contributed by atoms with Gasteiger partial charge in [0.1, 0.15) is 41.9 Å². The number of carbonyl (C=O) groups excluding carboxylic acids is 3. The van der Waals surface area contributed by atoms with E-state index in [9.17, 15) is 50.1 Å². The maximum atomic E-state index is 14.7. The molecule has 0 bridgehead atoms. The largest absolute Gasteiger partial charge is 0.394 e. The summed E-state index contributed by atoms with van der Waals surface area (Å²) in [5, 5.41) is 74.5. The second-order valence-electron chi connectivity index (χ2n) is 17.0. The molecule has 5 aliphatic rings. The Morgan fingerprint density at radius 3 is 2.21 bits per heavy atom. The lowest BCUT2D eigenvalue weighted by molar-refractivity contribution is -0.311. The van der Waals surface area contributed by atoms with Gasteiger partial charge in [0.25, 0.3) is 0 Å². The fraction of sp³-hybridized carbons (Fsp3) is 0.806. The quantitative estimate of drug-likeness (QED) is 0.147. The standard InChI is InChI=1S/C36H54O12/c1-31(2,45)12-11-23(39)36(8,46)28-19(38)14-33(5)22-10-9-17-18(35(22,7)24(40)15-34(28,33)6)13-20(29(44)32(17,3)4)47-30-27(43)26(42)25(41)21(16-37)48-30/h9,11-12,18-22,25-28,30,37-38,41-43,45-46H,10,13-16H2,1-8H3/t18-,19-,20-,21-,22+,25-,26+,27-,28+,30-,33+,34-,35+,36-/m1/s1. The Kier molecular flexibility index (Phi) is 9.23. The molecule has 3 saturated carbocycles. The van der Waals surface area contributed by atoms with Crippen LogP contribution in [0.3, 0.4) is 0 Å². The summed E-state index contributed by atoms with van der Waals surface area (Å²) in [7, 11) is 0. The van der Waals surface area contributed by atoms with Crippen LogP contribution in [-0.2, 0) is 23.9 Å². The minimum absolute atomic E-state index is 0.0345. The summed E-state index contributed by atoms with van der Waals surface area (Å²) in [4.78, 5) is 42.0. The van der Waals surface area contributed by atoms with Gasteiger partial charge in [0.15, 0.2) is 17.9 Å². The number of rotatable bonds is 7. The SMILES string of the molecule is CC(C)(O)C=CC(=O)[C@@](C)(O)[C@H]1[C@H](O)C[C@@]2(C)[C@@H]3CC=C4[C@@H](C[C@@H](O[C@@H]5O[C@H](CO)[C@@H](O)[C@H](O)[C@H]5O)C(=O)C4(C)C)[C@]3(C)C(=O)C[C@]12C. The van der Waals surface area contributed by atoms with Gasteiger partial charge in [-0.2, -0.15) is 0 Å². The minimum atomic E-state index is -2.04. The molecular formula is C36H54O12. The number of fused-ring (bicyclic) bond motifs is 5. The first-order valence-electron chi connectivity index (χ1n) is 17.0. The summed E-state index contributed by atoms with van der Waals surface area (Å²) in [6, 6.07) is 0. The van der Waals surface area contributed by atoms with Crippen LogP contribution in [0.5, 0.6) is 0 Å². The highest BCUT2D eigenvalue weighted by atomic mass is 16.7. The number of ether oxygens (including phenoxy) is 2. The summed E-state index contributed by atoms with van der Waals surface area (Å²) >= 11 is 0. The molecule has 270 valence electrons. The number of hydrogen-bond donors (Lipinski definition) is 7. The van der Waals surface area contributed by atoms with Crippen molar-refractivity contribution in [1.29, 1.82) is 0 Å². The van der Waals surface area contributed by atoms with Crippen molar-refractivity contribution in [3.63, 3.8) is 0 Å². The third kappa shape index (κ3) is 5.33. The lowest BCUT2D eigenvalue weighted by Crippen LogP contribution is -2.66. The lowest BCUT2D eigenvalue weighted by Gasteiger charge is -2.64. The van der Waals surface area contributed by atoms with Gasteiger partial charge in [-0.25, -0.2) is 0 Å². The van der Waals surface area contributed by atoms with Crippen molar-refractivity contribution in [2.24, 2.45) is 39.4 Å². The number of ketones is 3. The first-order valence-corrected chi connectivity index (χ1v) is 17.0. The number of Topliss-reactive ketones (excluding diaryl/α,β-unsaturated/α-hetero) is 2. The number of aliphatic hydroxyl groups excluding tert-OH is 5. The Balaban J connectivity index is 1.51. The lowest BCUT2D eigenvalue weighted by atomic mass is 9.38. The number of carbonyl (C=O) groups is 3. The Morgan fingerprint density at radius 2 is 1.62 bits per heavy atom. The molecule has 1 aliphatic heterocycles. The van der Waals surface area contributed by atoms with Gasteiger partial charge in [-0.15, -0.1) is 0 Å². The van der Waals surface area contributed by atoms with Gasteiger partial charge in [0, 0.05) is 23.2 Å². The van der Waals surface area contributed by atoms with Crippen molar-refractivity contribution in [1.82, 2.24) is 0 Å². The molecule has 5 rings (SSSR count). The maximum absolute atomic E-state index is 14.7. The first kappa shape index (κ1) is 37.4. The molecule has 0 amide bonds. The molecule has 14 atom stereocenters. The predicted molar refractivity (Wildman–Crippen MR) is 171 cm³/mol. The molecule has 0 aromatic carbocycles. The molecule has 12 heteroatoms. The van der Waals surface area contributed by atoms with Crippen molar-refractivity contribution in [2.45, 2.75) is 135 Å². The molecule has 0 radical (unpaired) electrons. The van der Waals surface area contributed by atoms with E-state index in [1.54, 1.807) is 13.8 Å². The fourth-order valence-corrected chi connectivity index (χ4v) is 10.4. The molecular weight excluding hydrogens is 624 g/mol. The van der Waals surface area contributed by atoms with Gasteiger partial charge in [0.2, 0.25) is 0 Å². The van der Waals surface area contributed by atoms with Crippen LogP contribution in [0, 0.1) is 39.4 Å². The highest BCUT2D eigenvalue weighted by Crippen LogP contribution is 2.74. The second kappa shape index (κ2) is 11.8. The van der Waals surface area contributed by atoms with E-state index in [1.807, 2.05) is 26.8 Å². The topological polar surface area (TPSA) is 211 Å². The smallest absolute Gasteiger partial charge is 0.187 e. The molecule has 0 spiro atoms. The summed E-state index contributed by atoms with van der Waals surface area (Å²) in [5.41, 5.74) is -6.36. The maximum Gasteiger partial charge on any atom is 0.187 e. The Hall–Kier alpha value is -1.87. The van der Waals surface area contributed by atoms with E-state index in [4.69, 9.17) is 9.47 Å². The molecule has 4 fully saturated rings. The Morgan fingerprint density at radius 1 is 1.00 bits per heavy atom. The molecule has 0 aromatic rings. The van der Waals surface area contributed by atoms with E-state index in [0.717, 1.165) is 11.6 Å². The average Bonchev–Trinajstić information content (AvgIpc) is 3.19. The average molecular weight is 679 g/mol. The highest BCUT2D eigenvalue weighted by Gasteiger charge is 2.74. The van der Waals surface area contributed by atoms with Crippen LogP contribution < -0.4 is 0 Å². The van der Waals surface area contributed by atoms with Crippen LogP contribution in [0.25, 0.3) is 0 Å². The van der Waals surface area contributed by atoms with E-state index in [-0.39, 0.29) is 36.7 Å². The molecule has 12 nitrogen and oxygen atoms in total. The summed E-state index contributed by atoms with van der Waals surface area (Å²) < 4.78 is 11.6. The normalized spacial score (nSPS) is 47.2. The van der Waals surface area contributed by atoms with Gasteiger partial charge < -0.3 is 45.2 Å². The summed E-state index contributed by atoms with van der Waals surface area (Å²) in [6.45, 7) is 13.0. The van der Waals surface area contributed by atoms with Gasteiger partial charge >= 0.3 is 0 Å². The van der Waals surface area contributed by atoms with E-state index in [0.29, 0.717) is 6.42 Å². The monoisotopic (exact) mass is 678 g/mol. The van der Waals surface area contributed by atoms with Crippen molar-refractivity contribution < 1.29 is 59.6 Å². The Bertz CT molecular complexity index is 1390. The van der Waals surface area contributed by atoms with Crippen LogP contribution in [0.15, 0.2) is 23.8 Å². The third-order valence-electron chi connectivity index (χ3n) is 13.3. The van der Waals surface area contributed by atoms with Crippen LogP contribution in [0.1, 0.15) is 81.1 Å². The van der Waals surface area contributed by atoms with Gasteiger partial charge in [0.05, 0.1) is 18.3 Å². The number of hydrogen-bond acceptors (Lipinski definition) is 12. The van der Waals surface area contributed by atoms with Crippen molar-refractivity contribution >= 4 is 17.3 Å². The van der Waals surface area contributed by atoms with Crippen LogP contribution in [-0.4, -0.2) is 114 Å². The molecule has 7 N–H and O–H groups in total. The highest BCUT2D eigenvalue weighted by molar-refractivity contribution is 5.98. The molecule has 48 heavy (non-hydrogen) atoms. The summed E-state index contributed by atoms with van der Waals surface area (Å²) in [5.74, 6) is -2.91. The zero-order chi connectivity index (χ0) is 36.2. The van der Waals surface area contributed by atoms with Gasteiger partial charge in [-0.3, -0.25) is 14.4 Å². The Labute approximate surface area is 281 Å². The van der Waals surface area contributed by atoms with Gasteiger partial charge in [-0.1, -0.05) is 38.5 Å². The van der Waals surface area contributed by atoms with Crippen molar-refractivity contribution in [3.8, 4) is 0 Å². The van der Waals surface area contributed by atoms with Crippen LogP contribution in [0.4, 0.5) is 0 Å². The fourth-order valence-electron chi connectivity index (χ4n) is 10.4. The van der Waals surface area contributed by atoms with Crippen LogP contribution >= 0.6 is 0 Å². The second-order valence-corrected chi connectivity index (χ2v) is 17.0. The summed E-state index contributed by atoms with van der Waals surface area (Å²) in [6.07, 6.45) is -4.87.